The maximum atomic E-state index is 12.6. The van der Waals surface area contributed by atoms with Crippen molar-refractivity contribution in [1.29, 1.82) is 0 Å². The van der Waals surface area contributed by atoms with Gasteiger partial charge in [0.15, 0.2) is 11.6 Å². The number of hydrogen-bond donors (Lipinski definition) is 1. The van der Waals surface area contributed by atoms with Crippen molar-refractivity contribution in [2.24, 2.45) is 0 Å². The minimum atomic E-state index is -0.964. The first-order valence-electron chi connectivity index (χ1n) is 3.00. The van der Waals surface area contributed by atoms with Crippen LogP contribution >= 0.6 is 0 Å². The molecule has 0 bridgehead atoms. The zero-order chi connectivity index (χ0) is 9.14. The van der Waals surface area contributed by atoms with E-state index in [1.54, 1.807) is 0 Å². The molecule has 0 aromatic heterocycles. The number of carbonyl (C=O) groups is 1. The SMILES string of the molecule is Nc1cc(OC=O)c(F)cc1F. The molecule has 0 unspecified atom stereocenters. The number of halogens is 2. The predicted molar refractivity (Wildman–Crippen MR) is 37.5 cm³/mol. The van der Waals surface area contributed by atoms with Gasteiger partial charge in [0.2, 0.25) is 0 Å². The molecule has 0 spiro atoms. The molecule has 5 heteroatoms. The number of carbonyl (C=O) groups excluding carboxylic acids is 1. The van der Waals surface area contributed by atoms with Gasteiger partial charge in [0.1, 0.15) is 5.82 Å². The van der Waals surface area contributed by atoms with E-state index in [-0.39, 0.29) is 17.9 Å². The summed E-state index contributed by atoms with van der Waals surface area (Å²) in [6.45, 7) is 0.0375. The number of ether oxygens (including phenoxy) is 1. The molecule has 0 radical (unpaired) electrons. The van der Waals surface area contributed by atoms with Crippen molar-refractivity contribution in [2.75, 3.05) is 5.73 Å². The highest BCUT2D eigenvalue weighted by atomic mass is 19.1. The molecule has 0 amide bonds. The Bertz CT molecular complexity index is 315. The summed E-state index contributed by atoms with van der Waals surface area (Å²) in [5, 5.41) is 0. The van der Waals surface area contributed by atoms with Crippen LogP contribution in [0.1, 0.15) is 0 Å². The average Bonchev–Trinajstić information content (AvgIpc) is 2.01. The van der Waals surface area contributed by atoms with E-state index < -0.39 is 11.6 Å². The lowest BCUT2D eigenvalue weighted by molar-refractivity contribution is -0.120. The zero-order valence-electron chi connectivity index (χ0n) is 5.88. The van der Waals surface area contributed by atoms with Crippen LogP contribution in [0.25, 0.3) is 0 Å². The third-order valence-corrected chi connectivity index (χ3v) is 1.23. The van der Waals surface area contributed by atoms with Gasteiger partial charge < -0.3 is 10.5 Å². The third-order valence-electron chi connectivity index (χ3n) is 1.23. The number of rotatable bonds is 2. The van der Waals surface area contributed by atoms with Crippen molar-refractivity contribution >= 4 is 12.2 Å². The first-order chi connectivity index (χ1) is 5.65. The average molecular weight is 173 g/mol. The summed E-state index contributed by atoms with van der Waals surface area (Å²) in [5.41, 5.74) is 4.81. The van der Waals surface area contributed by atoms with Gasteiger partial charge >= 0.3 is 0 Å². The Morgan fingerprint density at radius 3 is 2.58 bits per heavy atom. The van der Waals surface area contributed by atoms with E-state index >= 15 is 0 Å². The maximum absolute atomic E-state index is 12.6. The summed E-state index contributed by atoms with van der Waals surface area (Å²) in [5.74, 6) is -2.23. The number of nitrogens with two attached hydrogens (primary N) is 1. The molecule has 0 aliphatic heterocycles. The van der Waals surface area contributed by atoms with E-state index in [1.807, 2.05) is 0 Å². The molecular weight excluding hydrogens is 168 g/mol. The Balaban J connectivity index is 3.13. The summed E-state index contributed by atoms with van der Waals surface area (Å²) >= 11 is 0. The first-order valence-corrected chi connectivity index (χ1v) is 3.00. The fourth-order valence-electron chi connectivity index (χ4n) is 0.687. The standard InChI is InChI=1S/C7H5F2NO2/c8-4-1-5(9)7(12-3-11)2-6(4)10/h1-3H,10H2. The van der Waals surface area contributed by atoms with Crippen LogP contribution in [0.3, 0.4) is 0 Å². The van der Waals surface area contributed by atoms with E-state index in [0.29, 0.717) is 6.07 Å². The topological polar surface area (TPSA) is 52.3 Å². The van der Waals surface area contributed by atoms with Gasteiger partial charge in [0, 0.05) is 12.1 Å². The maximum Gasteiger partial charge on any atom is 0.298 e. The van der Waals surface area contributed by atoms with Crippen LogP contribution in [0.2, 0.25) is 0 Å². The largest absolute Gasteiger partial charge is 0.426 e. The predicted octanol–water partition coefficient (Wildman–Crippen LogP) is 1.08. The van der Waals surface area contributed by atoms with Crippen molar-refractivity contribution in [3.8, 4) is 5.75 Å². The highest BCUT2D eigenvalue weighted by Crippen LogP contribution is 2.22. The second kappa shape index (κ2) is 3.17. The molecule has 3 nitrogen and oxygen atoms in total. The fourth-order valence-corrected chi connectivity index (χ4v) is 0.687. The lowest BCUT2D eigenvalue weighted by Crippen LogP contribution is -1.97. The quantitative estimate of drug-likeness (QED) is 0.537. The van der Waals surface area contributed by atoms with Gasteiger partial charge in [-0.15, -0.1) is 0 Å². The molecule has 64 valence electrons. The Kier molecular flexibility index (Phi) is 2.23. The fraction of sp³-hybridized carbons (Fsp3) is 0. The second-order valence-corrected chi connectivity index (χ2v) is 2.02. The van der Waals surface area contributed by atoms with Crippen molar-refractivity contribution in [3.63, 3.8) is 0 Å². The van der Waals surface area contributed by atoms with Crippen LogP contribution in [-0.4, -0.2) is 6.47 Å². The Morgan fingerprint density at radius 1 is 1.33 bits per heavy atom. The molecule has 1 aromatic carbocycles. The van der Waals surface area contributed by atoms with Crippen molar-refractivity contribution in [3.05, 3.63) is 23.8 Å². The summed E-state index contributed by atoms with van der Waals surface area (Å²) in [6, 6.07) is 1.45. The lowest BCUT2D eigenvalue weighted by Gasteiger charge is -2.01. The normalized spacial score (nSPS) is 9.50. The van der Waals surface area contributed by atoms with Gasteiger partial charge in [0.05, 0.1) is 5.69 Å². The molecule has 0 fully saturated rings. The highest BCUT2D eigenvalue weighted by Gasteiger charge is 2.07. The number of hydrogen-bond acceptors (Lipinski definition) is 3. The molecule has 1 rings (SSSR count). The second-order valence-electron chi connectivity index (χ2n) is 2.02. The minimum Gasteiger partial charge on any atom is -0.426 e. The van der Waals surface area contributed by atoms with Crippen LogP contribution in [0.15, 0.2) is 12.1 Å². The number of benzene rings is 1. The highest BCUT2D eigenvalue weighted by molar-refractivity contribution is 5.51. The zero-order valence-corrected chi connectivity index (χ0v) is 5.88. The van der Waals surface area contributed by atoms with Crippen molar-refractivity contribution in [1.82, 2.24) is 0 Å². The summed E-state index contributed by atoms with van der Waals surface area (Å²) in [4.78, 5) is 9.80. The van der Waals surface area contributed by atoms with E-state index in [0.717, 1.165) is 6.07 Å². The van der Waals surface area contributed by atoms with Crippen LogP contribution in [0, 0.1) is 11.6 Å². The minimum absolute atomic E-state index is 0.0375. The Hall–Kier alpha value is -1.65. The van der Waals surface area contributed by atoms with E-state index in [1.165, 1.54) is 0 Å². The molecule has 2 N–H and O–H groups in total. The van der Waals surface area contributed by atoms with Gasteiger partial charge in [-0.3, -0.25) is 4.79 Å². The number of nitrogen functional groups attached to an aromatic ring is 1. The van der Waals surface area contributed by atoms with Gasteiger partial charge in [-0.2, -0.15) is 0 Å². The summed E-state index contributed by atoms with van der Waals surface area (Å²) < 4.78 is 29.3. The molecule has 0 saturated carbocycles. The van der Waals surface area contributed by atoms with Gasteiger partial charge in [-0.25, -0.2) is 8.78 Å². The molecule has 0 aliphatic rings. The van der Waals surface area contributed by atoms with Crippen LogP contribution in [0.5, 0.6) is 5.75 Å². The first kappa shape index (κ1) is 8.45. The monoisotopic (exact) mass is 173 g/mol. The molecule has 0 atom stereocenters. The summed E-state index contributed by atoms with van der Waals surface area (Å²) in [7, 11) is 0. The molecule has 1 aromatic rings. The molecular formula is C7H5F2NO2. The van der Waals surface area contributed by atoms with Gasteiger partial charge in [0.25, 0.3) is 6.47 Å². The van der Waals surface area contributed by atoms with E-state index in [2.05, 4.69) is 4.74 Å². The van der Waals surface area contributed by atoms with Crippen molar-refractivity contribution < 1.29 is 18.3 Å². The van der Waals surface area contributed by atoms with Crippen molar-refractivity contribution in [2.45, 2.75) is 0 Å². The summed E-state index contributed by atoms with van der Waals surface area (Å²) in [6.07, 6.45) is 0. The van der Waals surface area contributed by atoms with E-state index in [4.69, 9.17) is 5.73 Å². The molecule has 0 heterocycles. The van der Waals surface area contributed by atoms with Gasteiger partial charge in [-0.1, -0.05) is 0 Å². The van der Waals surface area contributed by atoms with Gasteiger partial charge in [-0.05, 0) is 0 Å². The Labute approximate surface area is 66.7 Å². The third kappa shape index (κ3) is 1.50. The van der Waals surface area contributed by atoms with Crippen LogP contribution in [-0.2, 0) is 4.79 Å². The Morgan fingerprint density at radius 2 is 2.00 bits per heavy atom. The molecule has 12 heavy (non-hydrogen) atoms. The lowest BCUT2D eigenvalue weighted by atomic mass is 10.3. The van der Waals surface area contributed by atoms with E-state index in [9.17, 15) is 13.6 Å². The smallest absolute Gasteiger partial charge is 0.298 e. The number of anilines is 1. The molecule has 0 saturated heterocycles. The van der Waals surface area contributed by atoms with Crippen LogP contribution in [0.4, 0.5) is 14.5 Å². The molecule has 0 aliphatic carbocycles. The van der Waals surface area contributed by atoms with Crippen LogP contribution < -0.4 is 10.5 Å².